The largest absolute Gasteiger partial charge is 0.352 e. The number of likely N-dealkylation sites (N-methyl/N-ethyl adjacent to an activating group) is 1. The number of carbonyl (C=O) groups is 1. The van der Waals surface area contributed by atoms with Crippen LogP contribution in [0.3, 0.4) is 0 Å². The van der Waals surface area contributed by atoms with Crippen molar-refractivity contribution in [3.63, 3.8) is 0 Å². The number of likely N-dealkylation sites (tertiary alicyclic amines) is 1. The van der Waals surface area contributed by atoms with Crippen LogP contribution in [0, 0.1) is 11.8 Å². The van der Waals surface area contributed by atoms with E-state index in [2.05, 4.69) is 27.4 Å². The zero-order valence-electron chi connectivity index (χ0n) is 18.9. The van der Waals surface area contributed by atoms with Crippen molar-refractivity contribution < 1.29 is 18.0 Å². The minimum atomic E-state index is -0.930. The highest BCUT2D eigenvalue weighted by Crippen LogP contribution is 2.39. The number of carbonyl (C=O) groups excluding carboxylic acids is 1. The monoisotopic (exact) mass is 444 g/mol. The van der Waals surface area contributed by atoms with Gasteiger partial charge in [-0.2, -0.15) is 0 Å². The van der Waals surface area contributed by atoms with Crippen LogP contribution in [-0.4, -0.2) is 91.6 Å². The van der Waals surface area contributed by atoms with Crippen LogP contribution in [-0.2, 0) is 4.79 Å². The number of alkyl halides is 3. The van der Waals surface area contributed by atoms with E-state index in [0.717, 1.165) is 32.4 Å². The molecule has 9 atom stereocenters. The fourth-order valence-electron chi connectivity index (χ4n) is 6.51. The summed E-state index contributed by atoms with van der Waals surface area (Å²) in [6, 6.07) is -0.0855. The molecule has 4 aliphatic rings. The molecule has 8 heteroatoms. The minimum absolute atomic E-state index is 0.0652. The lowest BCUT2D eigenvalue weighted by molar-refractivity contribution is -0.124. The van der Waals surface area contributed by atoms with Gasteiger partial charge in [0.2, 0.25) is 5.91 Å². The fourth-order valence-corrected chi connectivity index (χ4v) is 6.51. The number of hydrogen-bond donors (Lipinski definition) is 2. The molecule has 0 aromatic rings. The molecule has 2 aliphatic carbocycles. The summed E-state index contributed by atoms with van der Waals surface area (Å²) < 4.78 is 41.6. The van der Waals surface area contributed by atoms with Crippen molar-refractivity contribution >= 4 is 5.91 Å². The van der Waals surface area contributed by atoms with E-state index < -0.39 is 12.3 Å². The lowest BCUT2D eigenvalue weighted by Crippen LogP contribution is -2.52. The van der Waals surface area contributed by atoms with E-state index in [0.29, 0.717) is 44.2 Å². The first-order chi connectivity index (χ1) is 14.9. The van der Waals surface area contributed by atoms with Gasteiger partial charge >= 0.3 is 0 Å². The van der Waals surface area contributed by atoms with Crippen molar-refractivity contribution in [3.8, 4) is 0 Å². The van der Waals surface area contributed by atoms with Crippen molar-refractivity contribution in [2.75, 3.05) is 33.4 Å². The maximum atomic E-state index is 14.6. The Morgan fingerprint density at radius 1 is 1.16 bits per heavy atom. The molecule has 2 saturated carbocycles. The van der Waals surface area contributed by atoms with Crippen molar-refractivity contribution in [1.82, 2.24) is 20.4 Å². The standard InChI is InChI=1S/C23H39F3N4O/c1-14-3-4-20(26)19-12-21(28-22(14)19)23(31)27-16-9-15(25)10-18(11-16)30-7-5-17(13-30)29(2)8-6-24/h14-22,28H,3-13H2,1-2H3,(H,27,31). The van der Waals surface area contributed by atoms with E-state index in [1.54, 1.807) is 0 Å². The molecule has 0 aromatic carbocycles. The van der Waals surface area contributed by atoms with Crippen LogP contribution >= 0.6 is 0 Å². The minimum Gasteiger partial charge on any atom is -0.352 e. The highest BCUT2D eigenvalue weighted by molar-refractivity contribution is 5.82. The zero-order chi connectivity index (χ0) is 22.1. The Hall–Kier alpha value is -0.860. The van der Waals surface area contributed by atoms with Crippen molar-refractivity contribution in [2.24, 2.45) is 11.8 Å². The highest BCUT2D eigenvalue weighted by Gasteiger charge is 2.47. The average molecular weight is 445 g/mol. The second-order valence-corrected chi connectivity index (χ2v) is 10.5. The number of nitrogens with one attached hydrogen (secondary N) is 2. The molecule has 1 amide bonds. The van der Waals surface area contributed by atoms with E-state index in [4.69, 9.17) is 0 Å². The van der Waals surface area contributed by atoms with E-state index >= 15 is 0 Å². The summed E-state index contributed by atoms with van der Waals surface area (Å²) in [5.41, 5.74) is 0. The van der Waals surface area contributed by atoms with Gasteiger partial charge in [-0.1, -0.05) is 6.92 Å². The van der Waals surface area contributed by atoms with E-state index in [1.807, 2.05) is 7.05 Å². The van der Waals surface area contributed by atoms with Crippen LogP contribution < -0.4 is 10.6 Å². The Bertz CT molecular complexity index is 608. The molecule has 0 radical (unpaired) electrons. The number of hydrogen-bond acceptors (Lipinski definition) is 4. The second-order valence-electron chi connectivity index (χ2n) is 10.5. The molecule has 178 valence electrons. The SMILES string of the molecule is CC1CCC(F)C2CC(C(=O)NC3CC(F)CC(N4CCC(N(C)CCF)C4)C3)NC12. The number of halogens is 3. The molecule has 2 saturated heterocycles. The lowest BCUT2D eigenvalue weighted by Gasteiger charge is -2.38. The third-order valence-electron chi connectivity index (χ3n) is 8.40. The van der Waals surface area contributed by atoms with Crippen LogP contribution in [0.2, 0.25) is 0 Å². The summed E-state index contributed by atoms with van der Waals surface area (Å²) in [5, 5.41) is 6.47. The lowest BCUT2D eigenvalue weighted by atomic mass is 9.77. The molecule has 2 N–H and O–H groups in total. The summed E-state index contributed by atoms with van der Waals surface area (Å²) in [6.45, 7) is 3.93. The average Bonchev–Trinajstić information content (AvgIpc) is 3.39. The molecular formula is C23H39F3N4O. The smallest absolute Gasteiger partial charge is 0.237 e. The number of amides is 1. The van der Waals surface area contributed by atoms with Gasteiger partial charge in [-0.15, -0.1) is 0 Å². The first-order valence-electron chi connectivity index (χ1n) is 12.2. The normalized spacial score (nSPS) is 43.9. The summed E-state index contributed by atoms with van der Waals surface area (Å²) in [7, 11) is 1.95. The second kappa shape index (κ2) is 9.96. The first kappa shape index (κ1) is 23.3. The molecule has 4 rings (SSSR count). The first-order valence-corrected chi connectivity index (χ1v) is 12.2. The third kappa shape index (κ3) is 5.22. The van der Waals surface area contributed by atoms with Crippen LogP contribution in [0.25, 0.3) is 0 Å². The molecular weight excluding hydrogens is 405 g/mol. The maximum Gasteiger partial charge on any atom is 0.237 e. The van der Waals surface area contributed by atoms with Gasteiger partial charge in [0.1, 0.15) is 19.0 Å². The molecule has 31 heavy (non-hydrogen) atoms. The summed E-state index contributed by atoms with van der Waals surface area (Å²) in [5.74, 6) is 0.187. The molecule has 4 fully saturated rings. The maximum absolute atomic E-state index is 14.6. The third-order valence-corrected chi connectivity index (χ3v) is 8.40. The molecule has 0 spiro atoms. The Labute approximate surface area is 184 Å². The van der Waals surface area contributed by atoms with E-state index in [1.165, 1.54) is 0 Å². The van der Waals surface area contributed by atoms with Gasteiger partial charge in [-0.25, -0.2) is 13.2 Å². The molecule has 5 nitrogen and oxygen atoms in total. The van der Waals surface area contributed by atoms with Gasteiger partial charge in [-0.3, -0.25) is 14.6 Å². The predicted molar refractivity (Wildman–Crippen MR) is 115 cm³/mol. The molecule has 0 bridgehead atoms. The topological polar surface area (TPSA) is 47.6 Å². The zero-order valence-corrected chi connectivity index (χ0v) is 18.9. The summed E-state index contributed by atoms with van der Waals surface area (Å²) in [4.78, 5) is 17.3. The van der Waals surface area contributed by atoms with E-state index in [9.17, 15) is 18.0 Å². The van der Waals surface area contributed by atoms with Crippen LogP contribution in [0.4, 0.5) is 13.2 Å². The molecule has 9 unspecified atom stereocenters. The van der Waals surface area contributed by atoms with E-state index in [-0.39, 0.29) is 42.7 Å². The number of rotatable bonds is 6. The van der Waals surface area contributed by atoms with Gasteiger partial charge < -0.3 is 10.6 Å². The fraction of sp³-hybridized carbons (Fsp3) is 0.957. The van der Waals surface area contributed by atoms with Crippen molar-refractivity contribution in [3.05, 3.63) is 0 Å². The van der Waals surface area contributed by atoms with Crippen molar-refractivity contribution in [2.45, 2.75) is 94.4 Å². The summed E-state index contributed by atoms with van der Waals surface area (Å²) >= 11 is 0. The van der Waals surface area contributed by atoms with Gasteiger partial charge in [0.05, 0.1) is 6.04 Å². The van der Waals surface area contributed by atoms with Gasteiger partial charge in [0, 0.05) is 49.7 Å². The Morgan fingerprint density at radius 2 is 1.97 bits per heavy atom. The Kier molecular flexibility index (Phi) is 7.48. The number of fused-ring (bicyclic) bond motifs is 1. The highest BCUT2D eigenvalue weighted by atomic mass is 19.1. The van der Waals surface area contributed by atoms with Crippen molar-refractivity contribution in [1.29, 1.82) is 0 Å². The quantitative estimate of drug-likeness (QED) is 0.661. The molecule has 2 aliphatic heterocycles. The van der Waals surface area contributed by atoms with Crippen LogP contribution in [0.1, 0.15) is 51.9 Å². The number of nitrogens with zero attached hydrogens (tertiary/aromatic N) is 2. The van der Waals surface area contributed by atoms with Gasteiger partial charge in [0.25, 0.3) is 0 Å². The Balaban J connectivity index is 1.30. The summed E-state index contributed by atoms with van der Waals surface area (Å²) in [6.07, 6.45) is 2.78. The molecule has 2 heterocycles. The predicted octanol–water partition coefficient (Wildman–Crippen LogP) is 2.45. The van der Waals surface area contributed by atoms with Gasteiger partial charge in [-0.05, 0) is 57.9 Å². The van der Waals surface area contributed by atoms with Crippen LogP contribution in [0.15, 0.2) is 0 Å². The molecule has 0 aromatic heterocycles. The van der Waals surface area contributed by atoms with Gasteiger partial charge in [0.15, 0.2) is 0 Å². The van der Waals surface area contributed by atoms with Crippen LogP contribution in [0.5, 0.6) is 0 Å². The Morgan fingerprint density at radius 3 is 2.71 bits per heavy atom.